The molecule has 4 nitrogen and oxygen atoms in total. The first-order valence-electron chi connectivity index (χ1n) is 4.71. The fourth-order valence-corrected chi connectivity index (χ4v) is 1.51. The van der Waals surface area contributed by atoms with Gasteiger partial charge >= 0.3 is 6.09 Å². The van der Waals surface area contributed by atoms with Gasteiger partial charge < -0.3 is 9.84 Å². The summed E-state index contributed by atoms with van der Waals surface area (Å²) in [6, 6.07) is 7.32. The van der Waals surface area contributed by atoms with Gasteiger partial charge in [0.1, 0.15) is 6.10 Å². The van der Waals surface area contributed by atoms with E-state index in [1.807, 2.05) is 24.3 Å². The molecule has 0 radical (unpaired) electrons. The molecule has 0 saturated heterocycles. The molecule has 5 heteroatoms. The molecule has 1 rings (SSSR count). The number of hydrogen-bond acceptors (Lipinski definition) is 3. The lowest BCUT2D eigenvalue weighted by molar-refractivity contribution is 0.0883. The molecule has 0 aliphatic rings. The Morgan fingerprint density at radius 1 is 1.50 bits per heavy atom. The van der Waals surface area contributed by atoms with E-state index in [1.165, 1.54) is 0 Å². The molecule has 1 amide bonds. The molecule has 1 N–H and O–H groups in total. The van der Waals surface area contributed by atoms with Gasteiger partial charge in [-0.1, -0.05) is 28.1 Å². The largest absolute Gasteiger partial charge is 0.440 e. The molecule has 86 valence electrons. The Labute approximate surface area is 102 Å². The van der Waals surface area contributed by atoms with Crippen LogP contribution in [0.1, 0.15) is 18.1 Å². The molecule has 0 heterocycles. The van der Waals surface area contributed by atoms with Gasteiger partial charge in [-0.25, -0.2) is 4.79 Å². The Hall–Kier alpha value is -1.20. The molecule has 0 aliphatic carbocycles. The van der Waals surface area contributed by atoms with Crippen molar-refractivity contribution < 1.29 is 14.6 Å². The predicted molar refractivity (Wildman–Crippen MR) is 64.6 cm³/mol. The molecule has 0 unspecified atom stereocenters. The number of aliphatic hydroxyl groups excluding tert-OH is 1. The van der Waals surface area contributed by atoms with Gasteiger partial charge in [-0.05, 0) is 24.4 Å². The van der Waals surface area contributed by atoms with Gasteiger partial charge in [0, 0.05) is 17.5 Å². The number of carbonyl (C=O) groups excluding carboxylic acids is 1. The summed E-state index contributed by atoms with van der Waals surface area (Å²) in [4.78, 5) is 14.1. The molecule has 1 atom stereocenters. The minimum Gasteiger partial charge on any atom is -0.440 e. The van der Waals surface area contributed by atoms with Crippen LogP contribution in [0, 0.1) is 0 Å². The second-order valence-electron chi connectivity index (χ2n) is 3.09. The summed E-state index contributed by atoms with van der Waals surface area (Å²) in [7, 11) is 0. The summed E-state index contributed by atoms with van der Waals surface area (Å²) in [6.45, 7) is 3.02. The molecule has 16 heavy (non-hydrogen) atoms. The van der Waals surface area contributed by atoms with Gasteiger partial charge in [0.2, 0.25) is 0 Å². The van der Waals surface area contributed by atoms with E-state index in [0.29, 0.717) is 6.42 Å². The smallest absolute Gasteiger partial charge is 0.433 e. The van der Waals surface area contributed by atoms with Crippen LogP contribution in [0.25, 0.3) is 0 Å². The van der Waals surface area contributed by atoms with E-state index >= 15 is 0 Å². The monoisotopic (exact) mass is 285 g/mol. The van der Waals surface area contributed by atoms with Crippen LogP contribution < -0.4 is 0 Å². The summed E-state index contributed by atoms with van der Waals surface area (Å²) in [6.07, 6.45) is -0.888. The highest BCUT2D eigenvalue weighted by molar-refractivity contribution is 9.10. The second kappa shape index (κ2) is 6.40. The number of halogens is 1. The standard InChI is InChI=1S/C11H12BrNO3/c1-13-11(15)16-10(6-7-14)8-2-4-9(12)5-3-8/h2-5,10,14H,1,6-7H2/t10-/m0/s1. The van der Waals surface area contributed by atoms with E-state index < -0.39 is 12.2 Å². The molecule has 0 spiro atoms. The van der Waals surface area contributed by atoms with Gasteiger partial charge in [-0.3, -0.25) is 0 Å². The molecule has 0 bridgehead atoms. The number of aliphatic hydroxyl groups is 1. The van der Waals surface area contributed by atoms with E-state index in [2.05, 4.69) is 27.6 Å². The molecular weight excluding hydrogens is 274 g/mol. The number of ether oxygens (including phenoxy) is 1. The third-order valence-electron chi connectivity index (χ3n) is 2.01. The van der Waals surface area contributed by atoms with E-state index in [-0.39, 0.29) is 6.61 Å². The first-order valence-corrected chi connectivity index (χ1v) is 5.50. The SMILES string of the molecule is C=NC(=O)O[C@@H](CCO)c1ccc(Br)cc1. The zero-order chi connectivity index (χ0) is 12.0. The highest BCUT2D eigenvalue weighted by Crippen LogP contribution is 2.23. The van der Waals surface area contributed by atoms with Crippen molar-refractivity contribution in [3.05, 3.63) is 34.3 Å². The number of amides is 1. The van der Waals surface area contributed by atoms with Crippen molar-refractivity contribution in [3.63, 3.8) is 0 Å². The maximum absolute atomic E-state index is 11.0. The Balaban J connectivity index is 2.80. The van der Waals surface area contributed by atoms with E-state index in [1.54, 1.807) is 0 Å². The van der Waals surface area contributed by atoms with Gasteiger partial charge in [0.25, 0.3) is 0 Å². The van der Waals surface area contributed by atoms with Crippen LogP contribution >= 0.6 is 15.9 Å². The molecule has 0 saturated carbocycles. The Kier molecular flexibility index (Phi) is 5.14. The first-order chi connectivity index (χ1) is 7.67. The van der Waals surface area contributed by atoms with Gasteiger partial charge in [0.05, 0.1) is 0 Å². The fourth-order valence-electron chi connectivity index (χ4n) is 1.25. The van der Waals surface area contributed by atoms with Crippen molar-refractivity contribution >= 4 is 28.7 Å². The van der Waals surface area contributed by atoms with Gasteiger partial charge in [0.15, 0.2) is 0 Å². The zero-order valence-corrected chi connectivity index (χ0v) is 10.2. The molecule has 0 fully saturated rings. The lowest BCUT2D eigenvalue weighted by atomic mass is 10.1. The van der Waals surface area contributed by atoms with Crippen molar-refractivity contribution in [2.24, 2.45) is 4.99 Å². The number of aliphatic imine (C=N–C) groups is 1. The highest BCUT2D eigenvalue weighted by Gasteiger charge is 2.15. The average molecular weight is 286 g/mol. The summed E-state index contributed by atoms with van der Waals surface area (Å²) in [5.74, 6) is 0. The number of nitrogens with zero attached hydrogens (tertiary/aromatic N) is 1. The Bertz CT molecular complexity index is 364. The third kappa shape index (κ3) is 3.75. The molecule has 1 aromatic carbocycles. The molecule has 0 aromatic heterocycles. The topological polar surface area (TPSA) is 58.9 Å². The fraction of sp³-hybridized carbons (Fsp3) is 0.273. The molecule has 1 aromatic rings. The van der Waals surface area contributed by atoms with Crippen molar-refractivity contribution in [3.8, 4) is 0 Å². The Morgan fingerprint density at radius 3 is 2.62 bits per heavy atom. The number of rotatable bonds is 4. The number of benzene rings is 1. The van der Waals surface area contributed by atoms with Crippen LogP contribution in [0.2, 0.25) is 0 Å². The summed E-state index contributed by atoms with van der Waals surface area (Å²) in [5, 5.41) is 8.89. The van der Waals surface area contributed by atoms with Crippen molar-refractivity contribution in [1.82, 2.24) is 0 Å². The summed E-state index contributed by atoms with van der Waals surface area (Å²) in [5.41, 5.74) is 0.814. The molecular formula is C11H12BrNO3. The van der Waals surface area contributed by atoms with E-state index in [0.717, 1.165) is 10.0 Å². The lowest BCUT2D eigenvalue weighted by Gasteiger charge is -2.15. The molecule has 0 aliphatic heterocycles. The maximum Gasteiger partial charge on any atom is 0.433 e. The summed E-state index contributed by atoms with van der Waals surface area (Å²) >= 11 is 3.31. The lowest BCUT2D eigenvalue weighted by Crippen LogP contribution is -2.09. The van der Waals surface area contributed by atoms with Crippen molar-refractivity contribution in [1.29, 1.82) is 0 Å². The van der Waals surface area contributed by atoms with Crippen molar-refractivity contribution in [2.45, 2.75) is 12.5 Å². The average Bonchev–Trinajstić information content (AvgIpc) is 2.29. The zero-order valence-electron chi connectivity index (χ0n) is 8.60. The van der Waals surface area contributed by atoms with Crippen LogP contribution in [0.3, 0.4) is 0 Å². The van der Waals surface area contributed by atoms with Crippen LogP contribution in [-0.4, -0.2) is 24.5 Å². The van der Waals surface area contributed by atoms with Gasteiger partial charge in [-0.15, -0.1) is 0 Å². The van der Waals surface area contributed by atoms with Crippen LogP contribution in [0.4, 0.5) is 4.79 Å². The summed E-state index contributed by atoms with van der Waals surface area (Å²) < 4.78 is 5.96. The van der Waals surface area contributed by atoms with Crippen molar-refractivity contribution in [2.75, 3.05) is 6.61 Å². The van der Waals surface area contributed by atoms with Crippen LogP contribution in [0.15, 0.2) is 33.7 Å². The normalized spacial score (nSPS) is 11.9. The first kappa shape index (κ1) is 12.9. The predicted octanol–water partition coefficient (Wildman–Crippen LogP) is 2.71. The van der Waals surface area contributed by atoms with E-state index in [9.17, 15) is 4.79 Å². The maximum atomic E-state index is 11.0. The number of carbonyl (C=O) groups is 1. The van der Waals surface area contributed by atoms with E-state index in [4.69, 9.17) is 9.84 Å². The third-order valence-corrected chi connectivity index (χ3v) is 2.53. The Morgan fingerprint density at radius 2 is 2.12 bits per heavy atom. The highest BCUT2D eigenvalue weighted by atomic mass is 79.9. The van der Waals surface area contributed by atoms with Crippen LogP contribution in [-0.2, 0) is 4.74 Å². The van der Waals surface area contributed by atoms with Crippen LogP contribution in [0.5, 0.6) is 0 Å². The van der Waals surface area contributed by atoms with Gasteiger partial charge in [-0.2, -0.15) is 4.99 Å². The quantitative estimate of drug-likeness (QED) is 0.866. The minimum atomic E-state index is -0.735. The second-order valence-corrected chi connectivity index (χ2v) is 4.01. The minimum absolute atomic E-state index is 0.0643. The number of hydrogen-bond donors (Lipinski definition) is 1.